The van der Waals surface area contributed by atoms with Gasteiger partial charge in [-0.1, -0.05) is 41.0 Å². The maximum Gasteiger partial charge on any atom is 0.416 e. The van der Waals surface area contributed by atoms with E-state index in [0.717, 1.165) is 17.7 Å². The first-order valence-electron chi connectivity index (χ1n) is 10.5. The molecule has 33 heavy (non-hydrogen) atoms. The number of amides is 1. The van der Waals surface area contributed by atoms with Gasteiger partial charge in [-0.25, -0.2) is 0 Å². The van der Waals surface area contributed by atoms with Gasteiger partial charge in [0.1, 0.15) is 0 Å². The molecule has 1 amide bonds. The topological polar surface area (TPSA) is 62.5 Å². The summed E-state index contributed by atoms with van der Waals surface area (Å²) in [5.41, 5.74) is 0.514. The summed E-state index contributed by atoms with van der Waals surface area (Å²) in [6, 6.07) is 12.3. The molecule has 0 saturated carbocycles. The summed E-state index contributed by atoms with van der Waals surface area (Å²) in [6.07, 6.45) is -3.38. The van der Waals surface area contributed by atoms with Crippen LogP contribution in [0.4, 0.5) is 13.2 Å². The van der Waals surface area contributed by atoms with Crippen molar-refractivity contribution >= 4 is 17.5 Å². The first-order valence-corrected chi connectivity index (χ1v) is 10.9. The fourth-order valence-electron chi connectivity index (χ4n) is 3.72. The van der Waals surface area contributed by atoms with Crippen LogP contribution in [-0.2, 0) is 23.9 Å². The molecule has 174 valence electrons. The maximum atomic E-state index is 12.9. The molecule has 0 unspecified atom stereocenters. The predicted octanol–water partition coefficient (Wildman–Crippen LogP) is 4.69. The van der Waals surface area contributed by atoms with Crippen LogP contribution in [0.1, 0.15) is 23.4 Å². The monoisotopic (exact) mass is 478 g/mol. The highest BCUT2D eigenvalue weighted by Crippen LogP contribution is 2.31. The van der Waals surface area contributed by atoms with Gasteiger partial charge in [-0.2, -0.15) is 18.2 Å². The van der Waals surface area contributed by atoms with Crippen LogP contribution in [-0.4, -0.2) is 52.0 Å². The number of nitrogens with zero attached hydrogens (tertiary/aromatic N) is 4. The van der Waals surface area contributed by atoms with Crippen molar-refractivity contribution in [1.29, 1.82) is 0 Å². The minimum Gasteiger partial charge on any atom is -0.340 e. The summed E-state index contributed by atoms with van der Waals surface area (Å²) in [6.45, 7) is 2.83. The average molecular weight is 479 g/mol. The van der Waals surface area contributed by atoms with Crippen LogP contribution in [0, 0.1) is 0 Å². The molecule has 0 spiro atoms. The van der Waals surface area contributed by atoms with Gasteiger partial charge in [-0.3, -0.25) is 9.69 Å². The van der Waals surface area contributed by atoms with Crippen molar-refractivity contribution in [1.82, 2.24) is 19.9 Å². The molecule has 2 aromatic carbocycles. The number of piperazine rings is 1. The Balaban J connectivity index is 1.27. The van der Waals surface area contributed by atoms with E-state index in [0.29, 0.717) is 56.5 Å². The quantitative estimate of drug-likeness (QED) is 0.514. The zero-order valence-electron chi connectivity index (χ0n) is 17.7. The fourth-order valence-corrected chi connectivity index (χ4v) is 3.93. The SMILES string of the molecule is O=C(CCc1cccc(Cl)c1)N1CCN(Cc2nc(-c3cccc(C(F)(F)F)c3)no2)CC1. The zero-order valence-corrected chi connectivity index (χ0v) is 18.4. The van der Waals surface area contributed by atoms with Crippen molar-refractivity contribution in [3.8, 4) is 11.4 Å². The first-order chi connectivity index (χ1) is 15.8. The third-order valence-electron chi connectivity index (χ3n) is 5.52. The summed E-state index contributed by atoms with van der Waals surface area (Å²) >= 11 is 5.99. The van der Waals surface area contributed by atoms with Crippen molar-refractivity contribution in [3.63, 3.8) is 0 Å². The van der Waals surface area contributed by atoms with Crippen LogP contribution in [0.3, 0.4) is 0 Å². The number of hydrogen-bond acceptors (Lipinski definition) is 5. The second-order valence-electron chi connectivity index (χ2n) is 7.88. The third-order valence-corrected chi connectivity index (χ3v) is 5.75. The lowest BCUT2D eigenvalue weighted by molar-refractivity contribution is -0.137. The Kier molecular flexibility index (Phi) is 6.99. The van der Waals surface area contributed by atoms with E-state index in [9.17, 15) is 18.0 Å². The Morgan fingerprint density at radius 2 is 1.82 bits per heavy atom. The number of carbonyl (C=O) groups excluding carboxylic acids is 1. The van der Waals surface area contributed by atoms with E-state index in [1.165, 1.54) is 12.1 Å². The molecule has 10 heteroatoms. The Morgan fingerprint density at radius 3 is 2.55 bits per heavy atom. The van der Waals surface area contributed by atoms with E-state index in [1.807, 2.05) is 23.1 Å². The second kappa shape index (κ2) is 9.93. The highest BCUT2D eigenvalue weighted by atomic mass is 35.5. The molecule has 6 nitrogen and oxygen atoms in total. The van der Waals surface area contributed by atoms with Gasteiger partial charge < -0.3 is 9.42 Å². The molecule has 0 atom stereocenters. The van der Waals surface area contributed by atoms with E-state index >= 15 is 0 Å². The number of halogens is 4. The Labute approximate surface area is 193 Å². The van der Waals surface area contributed by atoms with Crippen molar-refractivity contribution in [2.24, 2.45) is 0 Å². The average Bonchev–Trinajstić information content (AvgIpc) is 3.26. The molecule has 1 aliphatic heterocycles. The largest absolute Gasteiger partial charge is 0.416 e. The number of aromatic nitrogens is 2. The summed E-state index contributed by atoms with van der Waals surface area (Å²) in [5, 5.41) is 4.48. The van der Waals surface area contributed by atoms with Gasteiger partial charge in [0, 0.05) is 43.2 Å². The number of alkyl halides is 3. The lowest BCUT2D eigenvalue weighted by Crippen LogP contribution is -2.48. The molecular formula is C23H22ClF3N4O2. The lowest BCUT2D eigenvalue weighted by atomic mass is 10.1. The second-order valence-corrected chi connectivity index (χ2v) is 8.31. The molecule has 0 N–H and O–H groups in total. The highest BCUT2D eigenvalue weighted by Gasteiger charge is 2.31. The van der Waals surface area contributed by atoms with Gasteiger partial charge in [-0.15, -0.1) is 0 Å². The summed E-state index contributed by atoms with van der Waals surface area (Å²) in [5.74, 6) is 0.535. The predicted molar refractivity (Wildman–Crippen MR) is 116 cm³/mol. The van der Waals surface area contributed by atoms with Crippen LogP contribution in [0.5, 0.6) is 0 Å². The molecule has 1 aliphatic rings. The van der Waals surface area contributed by atoms with Crippen LogP contribution < -0.4 is 0 Å². The van der Waals surface area contributed by atoms with Crippen molar-refractivity contribution < 1.29 is 22.5 Å². The van der Waals surface area contributed by atoms with Gasteiger partial charge in [-0.05, 0) is 36.2 Å². The van der Waals surface area contributed by atoms with Crippen molar-refractivity contribution in [3.05, 3.63) is 70.6 Å². The maximum absolute atomic E-state index is 12.9. The number of hydrogen-bond donors (Lipinski definition) is 0. The van der Waals surface area contributed by atoms with Crippen LogP contribution >= 0.6 is 11.6 Å². The lowest BCUT2D eigenvalue weighted by Gasteiger charge is -2.34. The van der Waals surface area contributed by atoms with E-state index in [1.54, 1.807) is 6.07 Å². The Bertz CT molecular complexity index is 1110. The number of benzene rings is 2. The molecule has 1 aromatic heterocycles. The van der Waals surface area contributed by atoms with Crippen molar-refractivity contribution in [2.45, 2.75) is 25.6 Å². The van der Waals surface area contributed by atoms with E-state index in [4.69, 9.17) is 16.1 Å². The summed E-state index contributed by atoms with van der Waals surface area (Å²) in [7, 11) is 0. The molecule has 3 aromatic rings. The van der Waals surface area contributed by atoms with Gasteiger partial charge in [0.05, 0.1) is 12.1 Å². The van der Waals surface area contributed by atoms with Crippen LogP contribution in [0.25, 0.3) is 11.4 Å². The minimum absolute atomic E-state index is 0.0965. The molecule has 0 aliphatic carbocycles. The van der Waals surface area contributed by atoms with E-state index < -0.39 is 11.7 Å². The Morgan fingerprint density at radius 1 is 1.06 bits per heavy atom. The van der Waals surface area contributed by atoms with Crippen molar-refractivity contribution in [2.75, 3.05) is 26.2 Å². The first kappa shape index (κ1) is 23.3. The van der Waals surface area contributed by atoms with E-state index in [2.05, 4.69) is 15.0 Å². The molecule has 0 bridgehead atoms. The fraction of sp³-hybridized carbons (Fsp3) is 0.348. The van der Waals surface area contributed by atoms with Crippen LogP contribution in [0.15, 0.2) is 53.1 Å². The van der Waals surface area contributed by atoms with Crippen LogP contribution in [0.2, 0.25) is 5.02 Å². The molecule has 4 rings (SSSR count). The third kappa shape index (κ3) is 6.11. The number of aryl methyl sites for hydroxylation is 1. The number of rotatable bonds is 6. The molecular weight excluding hydrogens is 457 g/mol. The highest BCUT2D eigenvalue weighted by molar-refractivity contribution is 6.30. The van der Waals surface area contributed by atoms with Gasteiger partial charge in [0.15, 0.2) is 0 Å². The van der Waals surface area contributed by atoms with E-state index in [-0.39, 0.29) is 17.3 Å². The summed E-state index contributed by atoms with van der Waals surface area (Å²) in [4.78, 5) is 20.7. The standard InChI is InChI=1S/C23H22ClF3N4O2/c24-19-6-1-3-16(13-19)7-8-21(32)31-11-9-30(10-12-31)15-20-28-22(29-33-20)17-4-2-5-18(14-17)23(25,26)27/h1-6,13-14H,7-12,15H2. The molecule has 1 fully saturated rings. The van der Waals surface area contributed by atoms with Gasteiger partial charge in [0.25, 0.3) is 0 Å². The molecule has 1 saturated heterocycles. The molecule has 2 heterocycles. The Hall–Kier alpha value is -2.91. The normalized spacial score (nSPS) is 15.1. The minimum atomic E-state index is -4.44. The summed E-state index contributed by atoms with van der Waals surface area (Å²) < 4.78 is 44.0. The zero-order chi connectivity index (χ0) is 23.4. The van der Waals surface area contributed by atoms with Gasteiger partial charge >= 0.3 is 6.18 Å². The smallest absolute Gasteiger partial charge is 0.340 e. The van der Waals surface area contributed by atoms with Gasteiger partial charge in [0.2, 0.25) is 17.6 Å². The molecule has 0 radical (unpaired) electrons. The number of carbonyl (C=O) groups is 1.